The summed E-state index contributed by atoms with van der Waals surface area (Å²) in [4.78, 5) is 0. The molecular weight excluding hydrogens is 222 g/mol. The Kier molecular flexibility index (Phi) is 4.79. The van der Waals surface area contributed by atoms with Crippen molar-refractivity contribution in [2.24, 2.45) is 5.92 Å². The molecule has 0 aromatic heterocycles. The third-order valence-corrected chi connectivity index (χ3v) is 4.21. The molecule has 2 nitrogen and oxygen atoms in total. The van der Waals surface area contributed by atoms with Gasteiger partial charge in [0.05, 0.1) is 6.10 Å². The maximum atomic E-state index is 5.68. The Balaban J connectivity index is 2.00. The van der Waals surface area contributed by atoms with E-state index in [9.17, 15) is 0 Å². The number of likely N-dealkylation sites (N-methyl/N-ethyl adjacent to an activating group) is 1. The lowest BCUT2D eigenvalue weighted by molar-refractivity contribution is 0.0963. The summed E-state index contributed by atoms with van der Waals surface area (Å²) in [6.07, 6.45) is 3.78. The molecule has 1 aliphatic heterocycles. The highest BCUT2D eigenvalue weighted by atomic mass is 16.5. The molecular formula is C16H25NO. The van der Waals surface area contributed by atoms with Gasteiger partial charge in [0.25, 0.3) is 0 Å². The second kappa shape index (κ2) is 6.35. The molecule has 0 radical (unpaired) electrons. The lowest BCUT2D eigenvalue weighted by Gasteiger charge is -2.25. The highest BCUT2D eigenvalue weighted by Gasteiger charge is 2.30. The van der Waals surface area contributed by atoms with Crippen molar-refractivity contribution < 1.29 is 4.74 Å². The van der Waals surface area contributed by atoms with Crippen molar-refractivity contribution in [1.82, 2.24) is 5.32 Å². The van der Waals surface area contributed by atoms with Gasteiger partial charge >= 0.3 is 0 Å². The molecule has 3 unspecified atom stereocenters. The molecule has 100 valence electrons. The summed E-state index contributed by atoms with van der Waals surface area (Å²) >= 11 is 0. The van der Waals surface area contributed by atoms with Crippen LogP contribution in [0.3, 0.4) is 0 Å². The fourth-order valence-electron chi connectivity index (χ4n) is 2.91. The number of nitrogens with one attached hydrogen (secondary N) is 1. The van der Waals surface area contributed by atoms with E-state index in [2.05, 4.69) is 50.5 Å². The van der Waals surface area contributed by atoms with E-state index in [4.69, 9.17) is 4.74 Å². The van der Waals surface area contributed by atoms with Crippen molar-refractivity contribution >= 4 is 0 Å². The fraction of sp³-hybridized carbons (Fsp3) is 0.625. The highest BCUT2D eigenvalue weighted by molar-refractivity contribution is 5.23. The van der Waals surface area contributed by atoms with Gasteiger partial charge in [-0.1, -0.05) is 31.2 Å². The van der Waals surface area contributed by atoms with Gasteiger partial charge in [0.15, 0.2) is 0 Å². The lowest BCUT2D eigenvalue weighted by atomic mass is 9.89. The maximum absolute atomic E-state index is 5.68. The van der Waals surface area contributed by atoms with Crippen LogP contribution in [0, 0.1) is 5.92 Å². The van der Waals surface area contributed by atoms with Crippen LogP contribution in [-0.2, 0) is 17.6 Å². The van der Waals surface area contributed by atoms with Crippen LogP contribution in [0.4, 0.5) is 0 Å². The SMILES string of the molecule is CCc1ccc(CC(NC)C2CCOC2C)cc1. The second-order valence-corrected chi connectivity index (χ2v) is 5.30. The molecule has 0 spiro atoms. The van der Waals surface area contributed by atoms with Crippen LogP contribution in [0.15, 0.2) is 24.3 Å². The number of ether oxygens (including phenoxy) is 1. The molecule has 1 aliphatic rings. The number of hydrogen-bond donors (Lipinski definition) is 1. The first-order valence-electron chi connectivity index (χ1n) is 7.11. The first-order chi connectivity index (χ1) is 8.74. The molecule has 3 atom stereocenters. The van der Waals surface area contributed by atoms with E-state index in [1.54, 1.807) is 0 Å². The van der Waals surface area contributed by atoms with Gasteiger partial charge in [-0.25, -0.2) is 0 Å². The van der Waals surface area contributed by atoms with Gasteiger partial charge in [-0.3, -0.25) is 0 Å². The van der Waals surface area contributed by atoms with Gasteiger partial charge < -0.3 is 10.1 Å². The van der Waals surface area contributed by atoms with Crippen molar-refractivity contribution in [2.75, 3.05) is 13.7 Å². The molecule has 0 aliphatic carbocycles. The van der Waals surface area contributed by atoms with E-state index in [1.165, 1.54) is 17.5 Å². The topological polar surface area (TPSA) is 21.3 Å². The summed E-state index contributed by atoms with van der Waals surface area (Å²) in [6.45, 7) is 5.31. The first-order valence-corrected chi connectivity index (χ1v) is 7.11. The molecule has 0 saturated carbocycles. The van der Waals surface area contributed by atoms with Gasteiger partial charge in [-0.2, -0.15) is 0 Å². The lowest BCUT2D eigenvalue weighted by Crippen LogP contribution is -2.38. The van der Waals surface area contributed by atoms with Gasteiger partial charge in [-0.05, 0) is 44.4 Å². The minimum atomic E-state index is 0.386. The molecule has 2 rings (SSSR count). The molecule has 1 saturated heterocycles. The van der Waals surface area contributed by atoms with E-state index < -0.39 is 0 Å². The van der Waals surface area contributed by atoms with E-state index in [0.29, 0.717) is 18.1 Å². The monoisotopic (exact) mass is 247 g/mol. The molecule has 1 aromatic carbocycles. The van der Waals surface area contributed by atoms with E-state index in [-0.39, 0.29) is 0 Å². The smallest absolute Gasteiger partial charge is 0.0590 e. The third-order valence-electron chi connectivity index (χ3n) is 4.21. The minimum Gasteiger partial charge on any atom is -0.378 e. The zero-order valence-electron chi connectivity index (χ0n) is 11.8. The third kappa shape index (κ3) is 3.12. The summed E-state index contributed by atoms with van der Waals surface area (Å²) in [6, 6.07) is 9.55. The van der Waals surface area contributed by atoms with Crippen molar-refractivity contribution in [3.63, 3.8) is 0 Å². The highest BCUT2D eigenvalue weighted by Crippen LogP contribution is 2.25. The predicted octanol–water partition coefficient (Wildman–Crippen LogP) is 2.80. The van der Waals surface area contributed by atoms with Crippen LogP contribution in [0.5, 0.6) is 0 Å². The van der Waals surface area contributed by atoms with Crippen LogP contribution < -0.4 is 5.32 Å². The molecule has 2 heteroatoms. The summed E-state index contributed by atoms with van der Waals surface area (Å²) in [5.41, 5.74) is 2.84. The Morgan fingerprint density at radius 1 is 1.28 bits per heavy atom. The van der Waals surface area contributed by atoms with Gasteiger partial charge in [0.2, 0.25) is 0 Å². The Hall–Kier alpha value is -0.860. The van der Waals surface area contributed by atoms with Crippen LogP contribution in [0.25, 0.3) is 0 Å². The first kappa shape index (κ1) is 13.6. The largest absolute Gasteiger partial charge is 0.378 e. The van der Waals surface area contributed by atoms with Crippen molar-refractivity contribution in [3.8, 4) is 0 Å². The minimum absolute atomic E-state index is 0.386. The normalized spacial score (nSPS) is 25.3. The van der Waals surface area contributed by atoms with E-state index >= 15 is 0 Å². The number of benzene rings is 1. The molecule has 1 fully saturated rings. The summed E-state index contributed by atoms with van der Waals surface area (Å²) in [5.74, 6) is 0.640. The summed E-state index contributed by atoms with van der Waals surface area (Å²) in [7, 11) is 2.07. The Bertz CT molecular complexity index is 360. The zero-order valence-corrected chi connectivity index (χ0v) is 11.8. The van der Waals surface area contributed by atoms with Crippen molar-refractivity contribution in [1.29, 1.82) is 0 Å². The summed E-state index contributed by atoms with van der Waals surface area (Å²) in [5, 5.41) is 3.47. The van der Waals surface area contributed by atoms with Crippen LogP contribution in [0.1, 0.15) is 31.4 Å². The second-order valence-electron chi connectivity index (χ2n) is 5.30. The zero-order chi connectivity index (χ0) is 13.0. The molecule has 1 aromatic rings. The van der Waals surface area contributed by atoms with Crippen molar-refractivity contribution in [2.45, 2.75) is 45.3 Å². The van der Waals surface area contributed by atoms with E-state index in [1.807, 2.05) is 0 Å². The van der Waals surface area contributed by atoms with Crippen LogP contribution in [-0.4, -0.2) is 25.8 Å². The molecule has 18 heavy (non-hydrogen) atoms. The molecule has 1 N–H and O–H groups in total. The van der Waals surface area contributed by atoms with Crippen molar-refractivity contribution in [3.05, 3.63) is 35.4 Å². The van der Waals surface area contributed by atoms with Crippen LogP contribution in [0.2, 0.25) is 0 Å². The standard InChI is InChI=1S/C16H25NO/c1-4-13-5-7-14(8-6-13)11-16(17-3)15-9-10-18-12(15)2/h5-8,12,15-17H,4,9-11H2,1-3H3. The van der Waals surface area contributed by atoms with Gasteiger partial charge in [-0.15, -0.1) is 0 Å². The maximum Gasteiger partial charge on any atom is 0.0590 e. The Labute approximate surface area is 111 Å². The molecule has 0 bridgehead atoms. The molecule has 0 amide bonds. The van der Waals surface area contributed by atoms with Gasteiger partial charge in [0.1, 0.15) is 0 Å². The molecule has 1 heterocycles. The average molecular weight is 247 g/mol. The number of hydrogen-bond acceptors (Lipinski definition) is 2. The summed E-state index contributed by atoms with van der Waals surface area (Å²) < 4.78 is 5.68. The fourth-order valence-corrected chi connectivity index (χ4v) is 2.91. The predicted molar refractivity (Wildman–Crippen MR) is 75.9 cm³/mol. The van der Waals surface area contributed by atoms with Crippen LogP contribution >= 0.6 is 0 Å². The number of rotatable bonds is 5. The Morgan fingerprint density at radius 2 is 1.94 bits per heavy atom. The average Bonchev–Trinajstić information content (AvgIpc) is 2.83. The Morgan fingerprint density at radius 3 is 2.44 bits per heavy atom. The number of aryl methyl sites for hydroxylation is 1. The van der Waals surface area contributed by atoms with Gasteiger partial charge in [0, 0.05) is 18.6 Å². The van der Waals surface area contributed by atoms with E-state index in [0.717, 1.165) is 19.4 Å². The quantitative estimate of drug-likeness (QED) is 0.864.